The van der Waals surface area contributed by atoms with Crippen LogP contribution in [-0.4, -0.2) is 18.3 Å². The fourth-order valence-corrected chi connectivity index (χ4v) is 4.30. The molecule has 0 fully saturated rings. The quantitative estimate of drug-likeness (QED) is 0.695. The zero-order valence-corrected chi connectivity index (χ0v) is 15.0. The smallest absolute Gasteiger partial charge is 0.344 e. The molecule has 1 heterocycles. The minimum absolute atomic E-state index is 0.00536. The van der Waals surface area contributed by atoms with Crippen molar-refractivity contribution in [1.82, 2.24) is 0 Å². The number of allylic oxidation sites excluding steroid dienone is 2. The van der Waals surface area contributed by atoms with Crippen LogP contribution >= 0.6 is 11.8 Å². The first-order valence-electron chi connectivity index (χ1n) is 8.07. The third-order valence-electron chi connectivity index (χ3n) is 4.33. The first kappa shape index (κ1) is 17.3. The van der Waals surface area contributed by atoms with Crippen molar-refractivity contribution in [3.63, 3.8) is 0 Å². The van der Waals surface area contributed by atoms with Crippen molar-refractivity contribution in [3.8, 4) is 0 Å². The summed E-state index contributed by atoms with van der Waals surface area (Å²) < 4.78 is 4.91. The summed E-state index contributed by atoms with van der Waals surface area (Å²) in [6.07, 6.45) is 1.96. The monoisotopic (exact) mass is 348 g/mol. The summed E-state index contributed by atoms with van der Waals surface area (Å²) in [6, 6.07) is 20.1. The van der Waals surface area contributed by atoms with E-state index in [-0.39, 0.29) is 17.1 Å². The number of esters is 1. The molecule has 2 nitrogen and oxygen atoms in total. The number of rotatable bonds is 5. The third kappa shape index (κ3) is 3.62. The van der Waals surface area contributed by atoms with Gasteiger partial charge in [-0.15, -0.1) is 11.8 Å². The zero-order chi connectivity index (χ0) is 17.8. The van der Waals surface area contributed by atoms with Gasteiger partial charge in [0.1, 0.15) is 0 Å². The second kappa shape index (κ2) is 7.58. The Kier molecular flexibility index (Phi) is 5.25. The van der Waals surface area contributed by atoms with Gasteiger partial charge < -0.3 is 4.74 Å². The fraction of sp³-hybridized carbons (Fsp3) is 0.136. The molecule has 25 heavy (non-hydrogen) atoms. The van der Waals surface area contributed by atoms with Crippen molar-refractivity contribution < 1.29 is 9.53 Å². The summed E-state index contributed by atoms with van der Waals surface area (Å²) in [6.45, 7) is 8.61. The van der Waals surface area contributed by atoms with Gasteiger partial charge in [-0.3, -0.25) is 0 Å². The molecule has 0 aromatic heterocycles. The second-order valence-electron chi connectivity index (χ2n) is 5.87. The predicted octanol–water partition coefficient (Wildman–Crippen LogP) is 5.20. The van der Waals surface area contributed by atoms with Crippen LogP contribution in [0, 0.1) is 5.92 Å². The fourth-order valence-electron chi connectivity index (χ4n) is 2.95. The van der Waals surface area contributed by atoms with E-state index in [2.05, 4.69) is 13.2 Å². The van der Waals surface area contributed by atoms with Crippen molar-refractivity contribution in [2.45, 2.75) is 5.25 Å². The maximum atomic E-state index is 12.1. The van der Waals surface area contributed by atoms with Gasteiger partial charge in [0.2, 0.25) is 0 Å². The molecule has 0 N–H and O–H groups in total. The van der Waals surface area contributed by atoms with Crippen LogP contribution in [0.3, 0.4) is 0 Å². The number of carbonyl (C=O) groups is 1. The van der Waals surface area contributed by atoms with Crippen molar-refractivity contribution in [2.24, 2.45) is 5.92 Å². The summed E-state index contributed by atoms with van der Waals surface area (Å²) in [7, 11) is 1.41. The number of benzene rings is 2. The summed E-state index contributed by atoms with van der Waals surface area (Å²) in [5, 5.41) is 0.0178. The van der Waals surface area contributed by atoms with Gasteiger partial charge in [0.15, 0.2) is 0 Å². The zero-order valence-electron chi connectivity index (χ0n) is 14.1. The molecule has 0 saturated heterocycles. The number of hydrogen-bond donors (Lipinski definition) is 0. The van der Waals surface area contributed by atoms with Crippen molar-refractivity contribution in [1.29, 1.82) is 0 Å². The van der Waals surface area contributed by atoms with Crippen LogP contribution < -0.4 is 0 Å². The summed E-state index contributed by atoms with van der Waals surface area (Å²) in [5.41, 5.74) is 4.11. The van der Waals surface area contributed by atoms with Gasteiger partial charge in [-0.1, -0.05) is 79.9 Å². The molecule has 3 heteroatoms. The van der Waals surface area contributed by atoms with E-state index in [4.69, 9.17) is 4.74 Å². The van der Waals surface area contributed by atoms with E-state index in [1.807, 2.05) is 66.7 Å². The molecule has 3 rings (SSSR count). The highest BCUT2D eigenvalue weighted by molar-refractivity contribution is 8.05. The maximum Gasteiger partial charge on any atom is 0.344 e. The highest BCUT2D eigenvalue weighted by atomic mass is 32.2. The predicted molar refractivity (Wildman–Crippen MR) is 106 cm³/mol. The van der Waals surface area contributed by atoms with E-state index < -0.39 is 0 Å². The number of ether oxygens (including phenoxy) is 1. The molecular formula is C22H20O2S. The van der Waals surface area contributed by atoms with E-state index in [0.717, 1.165) is 22.3 Å². The molecule has 1 aliphatic heterocycles. The molecule has 126 valence electrons. The van der Waals surface area contributed by atoms with Gasteiger partial charge in [0.25, 0.3) is 0 Å². The lowest BCUT2D eigenvalue weighted by molar-refractivity contribution is -0.135. The average molecular weight is 348 g/mol. The minimum atomic E-state index is -0.306. The van der Waals surface area contributed by atoms with Crippen molar-refractivity contribution in [2.75, 3.05) is 7.11 Å². The molecule has 0 bridgehead atoms. The first-order valence-corrected chi connectivity index (χ1v) is 8.95. The van der Waals surface area contributed by atoms with Crippen LogP contribution in [0.5, 0.6) is 0 Å². The van der Waals surface area contributed by atoms with E-state index in [1.54, 1.807) is 0 Å². The molecular weight excluding hydrogens is 328 g/mol. The molecule has 2 aromatic rings. The molecule has 2 aromatic carbocycles. The molecule has 0 saturated carbocycles. The van der Waals surface area contributed by atoms with Crippen LogP contribution in [0.15, 0.2) is 84.8 Å². The number of thioether (sulfide) groups is 1. The summed E-state index contributed by atoms with van der Waals surface area (Å²) >= 11 is 1.50. The van der Waals surface area contributed by atoms with Gasteiger partial charge in [-0.05, 0) is 22.3 Å². The Balaban J connectivity index is 1.95. The van der Waals surface area contributed by atoms with E-state index in [0.29, 0.717) is 4.91 Å². The summed E-state index contributed by atoms with van der Waals surface area (Å²) in [4.78, 5) is 12.7. The highest BCUT2D eigenvalue weighted by Crippen LogP contribution is 2.48. The van der Waals surface area contributed by atoms with Gasteiger partial charge >= 0.3 is 5.97 Å². The Hall–Kier alpha value is -2.52. The largest absolute Gasteiger partial charge is 0.465 e. The molecule has 0 amide bonds. The minimum Gasteiger partial charge on any atom is -0.465 e. The van der Waals surface area contributed by atoms with Crippen LogP contribution in [0.2, 0.25) is 0 Å². The molecule has 2 atom stereocenters. The lowest BCUT2D eigenvalue weighted by Gasteiger charge is -2.23. The van der Waals surface area contributed by atoms with Crippen LogP contribution in [0.1, 0.15) is 11.1 Å². The molecule has 0 radical (unpaired) electrons. The molecule has 2 unspecified atom stereocenters. The lowest BCUT2D eigenvalue weighted by Crippen LogP contribution is -2.14. The standard InChI is InChI=1S/C22H20O2S/c1-15(17-10-6-4-7-11-17)19-14-20(22(23)24-3)25-21(19)16(2)18-12-8-5-9-13-18/h4-14,19,21H,1-2H2,3H3. The van der Waals surface area contributed by atoms with Gasteiger partial charge in [-0.25, -0.2) is 4.79 Å². The van der Waals surface area contributed by atoms with Crippen LogP contribution in [0.4, 0.5) is 0 Å². The maximum absolute atomic E-state index is 12.1. The van der Waals surface area contributed by atoms with Crippen molar-refractivity contribution >= 4 is 28.9 Å². The Morgan fingerprint density at radius 2 is 1.44 bits per heavy atom. The van der Waals surface area contributed by atoms with Gasteiger partial charge in [-0.2, -0.15) is 0 Å². The lowest BCUT2D eigenvalue weighted by atomic mass is 9.86. The highest BCUT2D eigenvalue weighted by Gasteiger charge is 2.35. The van der Waals surface area contributed by atoms with Crippen molar-refractivity contribution in [3.05, 3.63) is 95.9 Å². The SMILES string of the molecule is C=C(c1ccccc1)C1C=C(C(=O)OC)SC1C(=C)c1ccccc1. The Morgan fingerprint density at radius 1 is 0.920 bits per heavy atom. The Labute approximate surface area is 152 Å². The summed E-state index contributed by atoms with van der Waals surface area (Å²) in [5.74, 6) is -0.312. The van der Waals surface area contributed by atoms with Crippen LogP contribution in [-0.2, 0) is 9.53 Å². The Morgan fingerprint density at radius 3 is 1.96 bits per heavy atom. The third-order valence-corrected chi connectivity index (χ3v) is 5.72. The Bertz CT molecular complexity index is 822. The number of hydrogen-bond acceptors (Lipinski definition) is 3. The number of carbonyl (C=O) groups excluding carboxylic acids is 1. The second-order valence-corrected chi connectivity index (χ2v) is 7.05. The van der Waals surface area contributed by atoms with Gasteiger partial charge in [0.05, 0.1) is 12.0 Å². The van der Waals surface area contributed by atoms with Gasteiger partial charge in [0, 0.05) is 11.2 Å². The molecule has 0 aliphatic carbocycles. The topological polar surface area (TPSA) is 26.3 Å². The first-order chi connectivity index (χ1) is 12.1. The van der Waals surface area contributed by atoms with E-state index >= 15 is 0 Å². The average Bonchev–Trinajstić information content (AvgIpc) is 3.13. The van der Waals surface area contributed by atoms with E-state index in [9.17, 15) is 4.79 Å². The normalized spacial score (nSPS) is 19.2. The molecule has 0 spiro atoms. The molecule has 1 aliphatic rings. The van der Waals surface area contributed by atoms with Crippen LogP contribution in [0.25, 0.3) is 11.1 Å². The number of methoxy groups -OCH3 is 1. The van der Waals surface area contributed by atoms with E-state index in [1.165, 1.54) is 18.9 Å².